The van der Waals surface area contributed by atoms with Crippen LogP contribution in [0.3, 0.4) is 0 Å². The molecule has 25 heavy (non-hydrogen) atoms. The molecule has 0 unspecified atom stereocenters. The first kappa shape index (κ1) is 17.7. The summed E-state index contributed by atoms with van der Waals surface area (Å²) in [5.41, 5.74) is -1.49. The number of epoxide rings is 1. The van der Waals surface area contributed by atoms with Crippen LogP contribution in [0.25, 0.3) is 0 Å². The second-order valence-electron chi connectivity index (χ2n) is 9.90. The van der Waals surface area contributed by atoms with Crippen LogP contribution >= 0.6 is 0 Å². The minimum absolute atomic E-state index is 0.00119. The van der Waals surface area contributed by atoms with E-state index in [4.69, 9.17) is 14.2 Å². The Balaban J connectivity index is 1.71. The minimum Gasteiger partial charge on any atom is -0.459 e. The van der Waals surface area contributed by atoms with E-state index in [0.717, 1.165) is 19.3 Å². The molecule has 5 heteroatoms. The smallest absolute Gasteiger partial charge is 0.306 e. The van der Waals surface area contributed by atoms with Crippen LogP contribution < -0.4 is 0 Å². The molecular formula is C20H32O5. The van der Waals surface area contributed by atoms with Gasteiger partial charge in [0.1, 0.15) is 17.3 Å². The Morgan fingerprint density at radius 3 is 2.40 bits per heavy atom. The molecule has 1 aliphatic carbocycles. The van der Waals surface area contributed by atoms with E-state index in [2.05, 4.69) is 13.8 Å². The second kappa shape index (κ2) is 5.20. The highest BCUT2D eigenvalue weighted by Crippen LogP contribution is 2.63. The number of carbonyl (C=O) groups excluding carboxylic acids is 1. The Hall–Kier alpha value is -0.650. The van der Waals surface area contributed by atoms with E-state index >= 15 is 0 Å². The second-order valence-corrected chi connectivity index (χ2v) is 9.90. The third kappa shape index (κ3) is 2.49. The number of cyclic esters (lactones) is 1. The summed E-state index contributed by atoms with van der Waals surface area (Å²) < 4.78 is 17.9. The van der Waals surface area contributed by atoms with Crippen LogP contribution in [0, 0.1) is 17.3 Å². The van der Waals surface area contributed by atoms with Gasteiger partial charge in [0, 0.05) is 12.3 Å². The largest absolute Gasteiger partial charge is 0.459 e. The zero-order chi connectivity index (χ0) is 18.3. The lowest BCUT2D eigenvalue weighted by molar-refractivity contribution is -0.297. The van der Waals surface area contributed by atoms with Crippen LogP contribution in [0.15, 0.2) is 0 Å². The number of aliphatic hydroxyl groups is 1. The molecule has 0 radical (unpaired) electrons. The van der Waals surface area contributed by atoms with Gasteiger partial charge in [-0.3, -0.25) is 4.79 Å². The van der Waals surface area contributed by atoms with Crippen LogP contribution in [0.1, 0.15) is 66.7 Å². The van der Waals surface area contributed by atoms with Gasteiger partial charge in [-0.25, -0.2) is 0 Å². The van der Waals surface area contributed by atoms with E-state index in [9.17, 15) is 9.90 Å². The molecule has 3 aliphatic heterocycles. The SMILES string of the molecule is CC1(C)OC(=O)CC[C@]2(C)[C@@H]1CC[C@]1(C)O[C@@](C)([C@H]3CO3)[C@H](O)C[C@@H]21. The Labute approximate surface area is 150 Å². The average molecular weight is 352 g/mol. The third-order valence-electron chi connectivity index (χ3n) is 7.89. The molecule has 0 amide bonds. The summed E-state index contributed by atoms with van der Waals surface area (Å²) in [5, 5.41) is 10.9. The summed E-state index contributed by atoms with van der Waals surface area (Å²) in [6.07, 6.45) is 3.30. The summed E-state index contributed by atoms with van der Waals surface area (Å²) >= 11 is 0. The Morgan fingerprint density at radius 2 is 1.76 bits per heavy atom. The molecule has 0 bridgehead atoms. The molecule has 0 spiro atoms. The molecule has 1 N–H and O–H groups in total. The van der Waals surface area contributed by atoms with Crippen molar-refractivity contribution in [2.75, 3.05) is 6.61 Å². The summed E-state index contributed by atoms with van der Waals surface area (Å²) in [6, 6.07) is 0. The van der Waals surface area contributed by atoms with Gasteiger partial charge >= 0.3 is 5.97 Å². The fourth-order valence-electron chi connectivity index (χ4n) is 6.48. The maximum Gasteiger partial charge on any atom is 0.306 e. The van der Waals surface area contributed by atoms with Gasteiger partial charge in [0.2, 0.25) is 0 Å². The molecule has 0 aromatic carbocycles. The van der Waals surface area contributed by atoms with Crippen molar-refractivity contribution in [3.05, 3.63) is 0 Å². The number of fused-ring (bicyclic) bond motifs is 3. The first-order valence-electron chi connectivity index (χ1n) is 9.73. The number of aliphatic hydroxyl groups excluding tert-OH is 1. The van der Waals surface area contributed by atoms with Gasteiger partial charge in [0.05, 0.1) is 18.3 Å². The summed E-state index contributed by atoms with van der Waals surface area (Å²) in [7, 11) is 0. The first-order chi connectivity index (χ1) is 11.5. The topological polar surface area (TPSA) is 68.3 Å². The van der Waals surface area contributed by atoms with Crippen LogP contribution in [-0.2, 0) is 19.0 Å². The van der Waals surface area contributed by atoms with Gasteiger partial charge in [-0.2, -0.15) is 0 Å². The Bertz CT molecular complexity index is 585. The number of ether oxygens (including phenoxy) is 3. The molecule has 142 valence electrons. The van der Waals surface area contributed by atoms with E-state index in [1.807, 2.05) is 20.8 Å². The molecule has 3 saturated heterocycles. The van der Waals surface area contributed by atoms with Gasteiger partial charge in [-0.15, -0.1) is 0 Å². The van der Waals surface area contributed by atoms with E-state index in [-0.39, 0.29) is 34.9 Å². The molecule has 1 saturated carbocycles. The molecule has 7 atom stereocenters. The van der Waals surface area contributed by atoms with Crippen LogP contribution in [0.2, 0.25) is 0 Å². The van der Waals surface area contributed by atoms with Crippen LogP contribution in [0.4, 0.5) is 0 Å². The highest BCUT2D eigenvalue weighted by atomic mass is 16.6. The fourth-order valence-corrected chi connectivity index (χ4v) is 6.48. The van der Waals surface area contributed by atoms with Crippen LogP contribution in [-0.4, -0.2) is 46.7 Å². The zero-order valence-electron chi connectivity index (χ0n) is 16.1. The van der Waals surface area contributed by atoms with Crippen molar-refractivity contribution in [3.8, 4) is 0 Å². The van der Waals surface area contributed by atoms with Gasteiger partial charge in [-0.05, 0) is 64.7 Å². The van der Waals surface area contributed by atoms with E-state index < -0.39 is 17.3 Å². The molecular weight excluding hydrogens is 320 g/mol. The summed E-state index contributed by atoms with van der Waals surface area (Å²) in [4.78, 5) is 12.2. The highest BCUT2D eigenvalue weighted by molar-refractivity contribution is 5.70. The molecule has 5 nitrogen and oxygen atoms in total. The Morgan fingerprint density at radius 1 is 1.08 bits per heavy atom. The molecule has 4 fully saturated rings. The summed E-state index contributed by atoms with van der Waals surface area (Å²) in [5.74, 6) is 0.382. The monoisotopic (exact) mass is 352 g/mol. The third-order valence-corrected chi connectivity index (χ3v) is 7.89. The normalized spacial score (nSPS) is 54.7. The highest BCUT2D eigenvalue weighted by Gasteiger charge is 2.66. The average Bonchev–Trinajstić information content (AvgIpc) is 3.32. The fraction of sp³-hybridized carbons (Fsp3) is 0.950. The van der Waals surface area contributed by atoms with Gasteiger partial charge in [0.15, 0.2) is 0 Å². The van der Waals surface area contributed by atoms with Gasteiger partial charge in [0.25, 0.3) is 0 Å². The lowest BCUT2D eigenvalue weighted by atomic mass is 9.49. The van der Waals surface area contributed by atoms with E-state index in [0.29, 0.717) is 19.4 Å². The lowest BCUT2D eigenvalue weighted by Gasteiger charge is -2.63. The minimum atomic E-state index is -0.624. The van der Waals surface area contributed by atoms with Crippen molar-refractivity contribution in [1.82, 2.24) is 0 Å². The molecule has 0 aromatic heterocycles. The van der Waals surface area contributed by atoms with E-state index in [1.165, 1.54) is 0 Å². The van der Waals surface area contributed by atoms with Gasteiger partial charge in [-0.1, -0.05) is 6.92 Å². The summed E-state index contributed by atoms with van der Waals surface area (Å²) in [6.45, 7) is 11.2. The van der Waals surface area contributed by atoms with Gasteiger partial charge < -0.3 is 19.3 Å². The molecule has 4 aliphatic rings. The standard InChI is InChI=1S/C20H32O5/c1-17(2)12-6-9-19(4)13(18(12,3)8-7-16(22)24-17)10-14(21)20(5,25-19)15-11-23-15/h12-15,21H,6-11H2,1-5H3/t12-,13+,14-,15-,18-,19+,20-/m1/s1. The zero-order valence-corrected chi connectivity index (χ0v) is 16.1. The lowest BCUT2D eigenvalue weighted by Crippen LogP contribution is -2.67. The Kier molecular flexibility index (Phi) is 3.69. The predicted molar refractivity (Wildman–Crippen MR) is 92.0 cm³/mol. The van der Waals surface area contributed by atoms with Crippen molar-refractivity contribution in [1.29, 1.82) is 0 Å². The number of hydrogen-bond acceptors (Lipinski definition) is 5. The van der Waals surface area contributed by atoms with Crippen molar-refractivity contribution in [2.45, 2.75) is 95.7 Å². The quantitative estimate of drug-likeness (QED) is 0.580. The molecule has 0 aromatic rings. The van der Waals surface area contributed by atoms with Crippen molar-refractivity contribution >= 4 is 5.97 Å². The molecule has 4 rings (SSSR count). The number of rotatable bonds is 1. The number of carbonyl (C=O) groups is 1. The predicted octanol–water partition coefficient (Wildman–Crippen LogP) is 2.83. The van der Waals surface area contributed by atoms with Crippen molar-refractivity contribution in [2.24, 2.45) is 17.3 Å². The first-order valence-corrected chi connectivity index (χ1v) is 9.73. The number of hydrogen-bond donors (Lipinski definition) is 1. The maximum absolute atomic E-state index is 12.2. The maximum atomic E-state index is 12.2. The van der Waals surface area contributed by atoms with Crippen LogP contribution in [0.5, 0.6) is 0 Å². The van der Waals surface area contributed by atoms with E-state index in [1.54, 1.807) is 0 Å². The van der Waals surface area contributed by atoms with Crippen molar-refractivity contribution in [3.63, 3.8) is 0 Å². The molecule has 3 heterocycles. The number of esters is 1. The van der Waals surface area contributed by atoms with Crippen molar-refractivity contribution < 1.29 is 24.1 Å².